The molecule has 1 amide bonds. The van der Waals surface area contributed by atoms with Crippen LogP contribution >= 0.6 is 0 Å². The van der Waals surface area contributed by atoms with Gasteiger partial charge in [-0.2, -0.15) is 5.10 Å². The number of carbonyl (C=O) groups is 1. The van der Waals surface area contributed by atoms with Gasteiger partial charge in [0.25, 0.3) is 5.91 Å². The average Bonchev–Trinajstić information content (AvgIpc) is 3.05. The van der Waals surface area contributed by atoms with Gasteiger partial charge in [0.05, 0.1) is 25.0 Å². The lowest BCUT2D eigenvalue weighted by atomic mass is 10.1. The van der Waals surface area contributed by atoms with Crippen molar-refractivity contribution in [2.24, 2.45) is 5.92 Å². The minimum atomic E-state index is -3.34. The molecule has 130 valence electrons. The van der Waals surface area contributed by atoms with E-state index in [0.29, 0.717) is 18.9 Å². The summed E-state index contributed by atoms with van der Waals surface area (Å²) >= 11 is 0. The molecule has 1 aromatic heterocycles. The van der Waals surface area contributed by atoms with Gasteiger partial charge >= 0.3 is 0 Å². The minimum absolute atomic E-state index is 0.0509. The SMILES string of the molecule is CCc1[nH]nc(C(=O)N[C@H]2COC[C@H]2CS(=O)(=O)N(C)C)c1C. The van der Waals surface area contributed by atoms with Crippen LogP contribution in [-0.2, 0) is 21.2 Å². The molecule has 0 spiro atoms. The van der Waals surface area contributed by atoms with Crippen LogP contribution in [0.1, 0.15) is 28.7 Å². The Balaban J connectivity index is 2.06. The second-order valence-electron chi connectivity index (χ2n) is 5.97. The van der Waals surface area contributed by atoms with Crippen molar-refractivity contribution in [3.63, 3.8) is 0 Å². The number of aromatic nitrogens is 2. The molecule has 0 radical (unpaired) electrons. The van der Waals surface area contributed by atoms with Crippen LogP contribution in [0.25, 0.3) is 0 Å². The van der Waals surface area contributed by atoms with Gasteiger partial charge in [0.15, 0.2) is 5.69 Å². The molecule has 2 heterocycles. The van der Waals surface area contributed by atoms with E-state index in [0.717, 1.165) is 17.7 Å². The zero-order valence-electron chi connectivity index (χ0n) is 13.9. The second kappa shape index (κ2) is 6.98. The molecule has 0 aliphatic carbocycles. The summed E-state index contributed by atoms with van der Waals surface area (Å²) in [4.78, 5) is 12.4. The number of aryl methyl sites for hydroxylation is 1. The molecule has 23 heavy (non-hydrogen) atoms. The second-order valence-corrected chi connectivity index (χ2v) is 8.20. The van der Waals surface area contributed by atoms with Gasteiger partial charge in [0.1, 0.15) is 0 Å². The van der Waals surface area contributed by atoms with Gasteiger partial charge in [0.2, 0.25) is 10.0 Å². The third kappa shape index (κ3) is 3.91. The molecule has 1 saturated heterocycles. The van der Waals surface area contributed by atoms with Gasteiger partial charge < -0.3 is 10.1 Å². The molecule has 1 aliphatic rings. The number of H-pyrrole nitrogens is 1. The van der Waals surface area contributed by atoms with Gasteiger partial charge in [-0.25, -0.2) is 12.7 Å². The molecule has 2 atom stereocenters. The van der Waals surface area contributed by atoms with E-state index in [9.17, 15) is 13.2 Å². The highest BCUT2D eigenvalue weighted by Gasteiger charge is 2.34. The Kier molecular flexibility index (Phi) is 5.43. The number of hydrogen-bond donors (Lipinski definition) is 2. The van der Waals surface area contributed by atoms with Gasteiger partial charge in [-0.3, -0.25) is 9.89 Å². The van der Waals surface area contributed by atoms with E-state index >= 15 is 0 Å². The van der Waals surface area contributed by atoms with Crippen molar-refractivity contribution in [3.05, 3.63) is 17.0 Å². The van der Waals surface area contributed by atoms with Crippen molar-refractivity contribution < 1.29 is 17.9 Å². The summed E-state index contributed by atoms with van der Waals surface area (Å²) in [6, 6.07) is -0.335. The summed E-state index contributed by atoms with van der Waals surface area (Å²) in [5, 5.41) is 9.76. The van der Waals surface area contributed by atoms with Crippen molar-refractivity contribution in [2.75, 3.05) is 33.1 Å². The van der Waals surface area contributed by atoms with Crippen molar-refractivity contribution in [1.82, 2.24) is 19.8 Å². The molecular formula is C14H24N4O4S. The van der Waals surface area contributed by atoms with E-state index in [1.54, 1.807) is 0 Å². The number of nitrogens with zero attached hydrogens (tertiary/aromatic N) is 2. The van der Waals surface area contributed by atoms with Crippen LogP contribution < -0.4 is 5.32 Å². The molecule has 0 unspecified atom stereocenters. The maximum atomic E-state index is 12.4. The minimum Gasteiger partial charge on any atom is -0.379 e. The predicted octanol–water partition coefficient (Wildman–Crippen LogP) is -0.0833. The molecule has 9 heteroatoms. The fraction of sp³-hybridized carbons (Fsp3) is 0.714. The number of amides is 1. The largest absolute Gasteiger partial charge is 0.379 e. The lowest BCUT2D eigenvalue weighted by molar-refractivity contribution is 0.0920. The Morgan fingerprint density at radius 3 is 2.70 bits per heavy atom. The van der Waals surface area contributed by atoms with Gasteiger partial charge in [-0.1, -0.05) is 6.92 Å². The highest BCUT2D eigenvalue weighted by molar-refractivity contribution is 7.89. The number of sulfonamides is 1. The lowest BCUT2D eigenvalue weighted by Gasteiger charge is -2.20. The van der Waals surface area contributed by atoms with Crippen LogP contribution in [0.2, 0.25) is 0 Å². The number of nitrogens with one attached hydrogen (secondary N) is 2. The standard InChI is InChI=1S/C14H24N4O4S/c1-5-11-9(2)13(17-16-11)14(19)15-12-7-22-6-10(12)8-23(20,21)18(3)4/h10,12H,5-8H2,1-4H3,(H,15,19)(H,16,17)/t10-,12-/m0/s1. The molecule has 1 aromatic rings. The Hall–Kier alpha value is -1.45. The van der Waals surface area contributed by atoms with E-state index in [1.807, 2.05) is 13.8 Å². The van der Waals surface area contributed by atoms with Gasteiger partial charge in [0, 0.05) is 31.3 Å². The monoisotopic (exact) mass is 344 g/mol. The van der Waals surface area contributed by atoms with Crippen molar-refractivity contribution in [3.8, 4) is 0 Å². The van der Waals surface area contributed by atoms with Crippen LogP contribution in [-0.4, -0.2) is 67.9 Å². The molecule has 8 nitrogen and oxygen atoms in total. The van der Waals surface area contributed by atoms with Gasteiger partial charge in [-0.15, -0.1) is 0 Å². The molecule has 0 aromatic carbocycles. The molecule has 2 N–H and O–H groups in total. The smallest absolute Gasteiger partial charge is 0.272 e. The third-order valence-corrected chi connectivity index (χ3v) is 6.14. The number of rotatable bonds is 6. The van der Waals surface area contributed by atoms with Gasteiger partial charge in [-0.05, 0) is 13.3 Å². The summed E-state index contributed by atoms with van der Waals surface area (Å²) in [5.74, 6) is -0.623. The first-order chi connectivity index (χ1) is 10.8. The highest BCUT2D eigenvalue weighted by Crippen LogP contribution is 2.18. The van der Waals surface area contributed by atoms with Crippen LogP contribution in [0.15, 0.2) is 0 Å². The summed E-state index contributed by atoms with van der Waals surface area (Å²) in [6.07, 6.45) is 0.766. The quantitative estimate of drug-likeness (QED) is 0.751. The van der Waals surface area contributed by atoms with E-state index in [-0.39, 0.29) is 23.6 Å². The molecule has 0 bridgehead atoms. The molecule has 1 fully saturated rings. The zero-order valence-corrected chi connectivity index (χ0v) is 14.7. The fourth-order valence-corrected chi connectivity index (χ4v) is 3.75. The number of aromatic amines is 1. The molecule has 2 rings (SSSR count). The van der Waals surface area contributed by atoms with Crippen LogP contribution in [0.4, 0.5) is 0 Å². The number of ether oxygens (including phenoxy) is 1. The molecule has 0 saturated carbocycles. The Labute approximate surface area is 136 Å². The predicted molar refractivity (Wildman–Crippen MR) is 85.7 cm³/mol. The first kappa shape index (κ1) is 17.9. The van der Waals surface area contributed by atoms with E-state index in [4.69, 9.17) is 4.74 Å². The summed E-state index contributed by atoms with van der Waals surface area (Å²) in [6.45, 7) is 4.45. The molecule has 1 aliphatic heterocycles. The fourth-order valence-electron chi connectivity index (χ4n) is 2.58. The first-order valence-electron chi connectivity index (χ1n) is 7.59. The normalized spacial score (nSPS) is 21.8. The van der Waals surface area contributed by atoms with Crippen LogP contribution in [0, 0.1) is 12.8 Å². The zero-order chi connectivity index (χ0) is 17.2. The summed E-state index contributed by atoms with van der Waals surface area (Å²) < 4.78 is 30.6. The third-order valence-electron chi connectivity index (χ3n) is 4.18. The average molecular weight is 344 g/mol. The number of carbonyl (C=O) groups excluding carboxylic acids is 1. The summed E-state index contributed by atoms with van der Waals surface area (Å²) in [5.41, 5.74) is 2.09. The maximum absolute atomic E-state index is 12.4. The topological polar surface area (TPSA) is 104 Å². The number of hydrogen-bond acceptors (Lipinski definition) is 5. The van der Waals surface area contributed by atoms with E-state index in [2.05, 4.69) is 15.5 Å². The Morgan fingerprint density at radius 2 is 2.13 bits per heavy atom. The van der Waals surface area contributed by atoms with E-state index in [1.165, 1.54) is 18.4 Å². The van der Waals surface area contributed by atoms with Crippen LogP contribution in [0.5, 0.6) is 0 Å². The van der Waals surface area contributed by atoms with Crippen molar-refractivity contribution >= 4 is 15.9 Å². The Bertz CT molecular complexity index is 668. The first-order valence-corrected chi connectivity index (χ1v) is 9.19. The summed E-state index contributed by atoms with van der Waals surface area (Å²) in [7, 11) is -0.347. The van der Waals surface area contributed by atoms with Crippen molar-refractivity contribution in [2.45, 2.75) is 26.3 Å². The van der Waals surface area contributed by atoms with E-state index < -0.39 is 10.0 Å². The Morgan fingerprint density at radius 1 is 1.43 bits per heavy atom. The maximum Gasteiger partial charge on any atom is 0.272 e. The van der Waals surface area contributed by atoms with Crippen molar-refractivity contribution in [1.29, 1.82) is 0 Å². The van der Waals surface area contributed by atoms with Crippen LogP contribution in [0.3, 0.4) is 0 Å². The highest BCUT2D eigenvalue weighted by atomic mass is 32.2. The lowest BCUT2D eigenvalue weighted by Crippen LogP contribution is -2.43. The molecular weight excluding hydrogens is 320 g/mol.